The molecule has 3 atom stereocenters. The zero-order chi connectivity index (χ0) is 15.5. The molecule has 1 amide bonds. The van der Waals surface area contributed by atoms with E-state index in [4.69, 9.17) is 4.42 Å². The highest BCUT2D eigenvalue weighted by molar-refractivity contribution is 5.89. The number of hydrogen-bond acceptors (Lipinski definition) is 3. The van der Waals surface area contributed by atoms with Gasteiger partial charge in [0.05, 0.1) is 18.2 Å². The highest BCUT2D eigenvalue weighted by atomic mass is 16.4. The van der Waals surface area contributed by atoms with Gasteiger partial charge in [0.25, 0.3) is 0 Å². The molecule has 5 nitrogen and oxygen atoms in total. The number of carboxylic acids is 1. The van der Waals surface area contributed by atoms with Crippen LogP contribution < -0.4 is 5.32 Å². The summed E-state index contributed by atoms with van der Waals surface area (Å²) in [5.41, 5.74) is -1.57. The first-order valence-electron chi connectivity index (χ1n) is 7.32. The maximum Gasteiger partial charge on any atom is 0.310 e. The van der Waals surface area contributed by atoms with E-state index in [1.807, 2.05) is 13.8 Å². The molecule has 1 heterocycles. The van der Waals surface area contributed by atoms with Gasteiger partial charge in [-0.2, -0.15) is 0 Å². The van der Waals surface area contributed by atoms with E-state index in [2.05, 4.69) is 5.32 Å². The van der Waals surface area contributed by atoms with Crippen LogP contribution in [0.1, 0.15) is 39.4 Å². The first kappa shape index (κ1) is 14.2. The predicted molar refractivity (Wildman–Crippen MR) is 75.2 cm³/mol. The lowest BCUT2D eigenvalue weighted by atomic mass is 9.63. The molecular weight excluding hydrogens is 270 g/mol. The van der Waals surface area contributed by atoms with Crippen LogP contribution in [0.5, 0.6) is 0 Å². The Kier molecular flexibility index (Phi) is 2.78. The van der Waals surface area contributed by atoms with Crippen LogP contribution in [0.2, 0.25) is 0 Å². The molecule has 3 rings (SSSR count). The lowest BCUT2D eigenvalue weighted by molar-refractivity contribution is -0.148. The summed E-state index contributed by atoms with van der Waals surface area (Å²) >= 11 is 0. The Morgan fingerprint density at radius 3 is 2.57 bits per heavy atom. The van der Waals surface area contributed by atoms with E-state index in [1.165, 1.54) is 0 Å². The molecule has 0 radical (unpaired) electrons. The van der Waals surface area contributed by atoms with Gasteiger partial charge in [-0.15, -0.1) is 0 Å². The Balaban J connectivity index is 1.73. The highest BCUT2D eigenvalue weighted by Crippen LogP contribution is 2.87. The van der Waals surface area contributed by atoms with Crippen LogP contribution in [0.3, 0.4) is 0 Å². The third kappa shape index (κ3) is 1.46. The van der Waals surface area contributed by atoms with Crippen molar-refractivity contribution in [2.24, 2.45) is 22.2 Å². The van der Waals surface area contributed by atoms with Crippen molar-refractivity contribution in [2.75, 3.05) is 0 Å². The fraction of sp³-hybridized carbons (Fsp3) is 0.625. The molecule has 0 bridgehead atoms. The van der Waals surface area contributed by atoms with Crippen LogP contribution in [0.4, 0.5) is 0 Å². The van der Waals surface area contributed by atoms with Gasteiger partial charge in [0.15, 0.2) is 0 Å². The standard InChI is InChI=1S/C16H21NO4/c1-14(2)15(3,13(19)20)16(14)7-6-11(16)12(18)17-9-10-5-4-8-21-10/h4-5,8,11H,6-7,9H2,1-3H3,(H,17,18)(H,19,20)/t11-,15-,16-/m0/s1. The van der Waals surface area contributed by atoms with Crippen LogP contribution in [-0.4, -0.2) is 17.0 Å². The molecule has 2 fully saturated rings. The molecule has 0 unspecified atom stereocenters. The molecule has 21 heavy (non-hydrogen) atoms. The molecule has 0 saturated heterocycles. The number of aliphatic carboxylic acids is 1. The second-order valence-electron chi connectivity index (χ2n) is 6.91. The van der Waals surface area contributed by atoms with Crippen molar-refractivity contribution >= 4 is 11.9 Å². The van der Waals surface area contributed by atoms with Gasteiger partial charge in [0.2, 0.25) is 5.91 Å². The third-order valence-corrected chi connectivity index (χ3v) is 6.38. The average Bonchev–Trinajstić information content (AvgIpc) is 2.73. The first-order valence-corrected chi connectivity index (χ1v) is 7.32. The zero-order valence-electron chi connectivity index (χ0n) is 12.6. The van der Waals surface area contributed by atoms with E-state index in [0.717, 1.165) is 12.8 Å². The molecule has 1 spiro atoms. The number of furan rings is 1. The lowest BCUT2D eigenvalue weighted by Gasteiger charge is -2.40. The van der Waals surface area contributed by atoms with Gasteiger partial charge in [-0.1, -0.05) is 13.8 Å². The maximum atomic E-state index is 12.4. The summed E-state index contributed by atoms with van der Waals surface area (Å²) in [6.45, 7) is 6.06. The fourth-order valence-corrected chi connectivity index (χ4v) is 4.68. The Morgan fingerprint density at radius 2 is 2.14 bits per heavy atom. The molecule has 0 aromatic carbocycles. The van der Waals surface area contributed by atoms with Crippen molar-refractivity contribution in [1.29, 1.82) is 0 Å². The van der Waals surface area contributed by atoms with Crippen LogP contribution in [0.15, 0.2) is 22.8 Å². The van der Waals surface area contributed by atoms with Crippen molar-refractivity contribution in [1.82, 2.24) is 5.32 Å². The highest BCUT2D eigenvalue weighted by Gasteiger charge is 2.88. The monoisotopic (exact) mass is 291 g/mol. The second kappa shape index (κ2) is 4.12. The summed E-state index contributed by atoms with van der Waals surface area (Å²) in [5, 5.41) is 12.5. The summed E-state index contributed by atoms with van der Waals surface area (Å²) < 4.78 is 5.19. The van der Waals surface area contributed by atoms with Crippen molar-refractivity contribution in [3.8, 4) is 0 Å². The van der Waals surface area contributed by atoms with E-state index in [-0.39, 0.29) is 17.2 Å². The Hall–Kier alpha value is -1.78. The van der Waals surface area contributed by atoms with E-state index in [0.29, 0.717) is 12.3 Å². The Morgan fingerprint density at radius 1 is 1.43 bits per heavy atom. The van der Waals surface area contributed by atoms with E-state index in [9.17, 15) is 14.7 Å². The SMILES string of the molecule is CC1(C)[C@](C)(C(=O)O)[C@]12CC[C@H]2C(=O)NCc1ccco1. The summed E-state index contributed by atoms with van der Waals surface area (Å²) in [6, 6.07) is 3.58. The minimum atomic E-state index is -0.815. The minimum Gasteiger partial charge on any atom is -0.481 e. The van der Waals surface area contributed by atoms with Crippen LogP contribution in [0, 0.1) is 22.2 Å². The fourth-order valence-electron chi connectivity index (χ4n) is 4.68. The largest absolute Gasteiger partial charge is 0.481 e. The van der Waals surface area contributed by atoms with Gasteiger partial charge in [0.1, 0.15) is 5.76 Å². The van der Waals surface area contributed by atoms with Crippen molar-refractivity contribution in [2.45, 2.75) is 40.2 Å². The van der Waals surface area contributed by atoms with Crippen molar-refractivity contribution in [3.63, 3.8) is 0 Å². The predicted octanol–water partition coefficient (Wildman–Crippen LogP) is 2.42. The lowest BCUT2D eigenvalue weighted by Crippen LogP contribution is -2.46. The maximum absolute atomic E-state index is 12.4. The Bertz CT molecular complexity index is 591. The first-order chi connectivity index (χ1) is 9.79. The topological polar surface area (TPSA) is 79.5 Å². The van der Waals surface area contributed by atoms with Gasteiger partial charge >= 0.3 is 5.97 Å². The molecule has 2 aliphatic carbocycles. The number of hydrogen-bond donors (Lipinski definition) is 2. The zero-order valence-corrected chi connectivity index (χ0v) is 12.6. The third-order valence-electron chi connectivity index (χ3n) is 6.38. The summed E-state index contributed by atoms with van der Waals surface area (Å²) in [7, 11) is 0. The summed E-state index contributed by atoms with van der Waals surface area (Å²) in [4.78, 5) is 24.1. The quantitative estimate of drug-likeness (QED) is 0.893. The van der Waals surface area contributed by atoms with Crippen LogP contribution in [0.25, 0.3) is 0 Å². The average molecular weight is 291 g/mol. The molecule has 0 aliphatic heterocycles. The number of carbonyl (C=O) groups is 2. The van der Waals surface area contributed by atoms with Gasteiger partial charge in [-0.05, 0) is 37.3 Å². The molecule has 114 valence electrons. The molecule has 2 saturated carbocycles. The molecule has 2 N–H and O–H groups in total. The number of nitrogens with one attached hydrogen (secondary N) is 1. The van der Waals surface area contributed by atoms with Crippen LogP contribution in [-0.2, 0) is 16.1 Å². The number of rotatable bonds is 4. The normalized spacial score (nSPS) is 36.0. The summed E-state index contributed by atoms with van der Waals surface area (Å²) in [5.74, 6) is -0.372. The van der Waals surface area contributed by atoms with Crippen molar-refractivity contribution < 1.29 is 19.1 Å². The molecule has 2 aliphatic rings. The molecule has 1 aromatic rings. The molecule has 5 heteroatoms. The number of amides is 1. The van der Waals surface area contributed by atoms with E-state index in [1.54, 1.807) is 25.3 Å². The summed E-state index contributed by atoms with van der Waals surface area (Å²) in [6.07, 6.45) is 3.13. The molecule has 1 aromatic heterocycles. The van der Waals surface area contributed by atoms with Crippen molar-refractivity contribution in [3.05, 3.63) is 24.2 Å². The Labute approximate surface area is 123 Å². The molecular formula is C16H21NO4. The van der Waals surface area contributed by atoms with Gasteiger partial charge in [-0.25, -0.2) is 0 Å². The minimum absolute atomic E-state index is 0.0595. The van der Waals surface area contributed by atoms with Gasteiger partial charge < -0.3 is 14.8 Å². The second-order valence-corrected chi connectivity index (χ2v) is 6.91. The van der Waals surface area contributed by atoms with E-state index < -0.39 is 16.8 Å². The number of carboxylic acid groups (broad SMARTS) is 1. The smallest absolute Gasteiger partial charge is 0.310 e. The van der Waals surface area contributed by atoms with Gasteiger partial charge in [-0.3, -0.25) is 9.59 Å². The van der Waals surface area contributed by atoms with Gasteiger partial charge in [0, 0.05) is 11.3 Å². The van der Waals surface area contributed by atoms with E-state index >= 15 is 0 Å². The number of carbonyl (C=O) groups excluding carboxylic acids is 1. The van der Waals surface area contributed by atoms with Crippen LogP contribution >= 0.6 is 0 Å².